The Labute approximate surface area is 154 Å². The zero-order valence-electron chi connectivity index (χ0n) is 13.7. The molecule has 4 nitrogen and oxygen atoms in total. The van der Waals surface area contributed by atoms with Gasteiger partial charge >= 0.3 is 0 Å². The molecule has 0 aromatic heterocycles. The Morgan fingerprint density at radius 3 is 2.72 bits per heavy atom. The van der Waals surface area contributed by atoms with Crippen LogP contribution in [0.15, 0.2) is 70.2 Å². The summed E-state index contributed by atoms with van der Waals surface area (Å²) >= 11 is 3.37. The van der Waals surface area contributed by atoms with Gasteiger partial charge in [0.15, 0.2) is 0 Å². The second-order valence-corrected chi connectivity index (χ2v) is 6.29. The van der Waals surface area contributed by atoms with Gasteiger partial charge in [-0.15, -0.1) is 0 Å². The summed E-state index contributed by atoms with van der Waals surface area (Å²) in [4.78, 5) is 12.4. The molecule has 0 aliphatic rings. The van der Waals surface area contributed by atoms with Crippen LogP contribution in [0.3, 0.4) is 0 Å². The minimum Gasteiger partial charge on any atom is -0.493 e. The first kappa shape index (κ1) is 17.2. The van der Waals surface area contributed by atoms with Crippen LogP contribution in [-0.4, -0.2) is 18.7 Å². The number of carbonyl (C=O) groups excluding carboxylic acids is 1. The summed E-state index contributed by atoms with van der Waals surface area (Å²) in [5, 5.41) is 6.35. The third-order valence-electron chi connectivity index (χ3n) is 3.64. The van der Waals surface area contributed by atoms with E-state index < -0.39 is 0 Å². The molecular formula is C20H17BrN2O2. The second kappa shape index (κ2) is 7.94. The molecule has 0 heterocycles. The first-order valence-electron chi connectivity index (χ1n) is 7.92. The number of fused-ring (bicyclic) bond motifs is 1. The zero-order valence-corrected chi connectivity index (χ0v) is 15.3. The lowest BCUT2D eigenvalue weighted by Gasteiger charge is -2.09. The van der Waals surface area contributed by atoms with Crippen LogP contribution in [0, 0.1) is 0 Å². The normalized spacial score (nSPS) is 11.0. The van der Waals surface area contributed by atoms with E-state index in [9.17, 15) is 4.79 Å². The van der Waals surface area contributed by atoms with Crippen molar-refractivity contribution in [2.75, 3.05) is 6.61 Å². The molecule has 0 bridgehead atoms. The first-order chi connectivity index (χ1) is 12.2. The van der Waals surface area contributed by atoms with Crippen LogP contribution in [0.25, 0.3) is 10.8 Å². The van der Waals surface area contributed by atoms with Gasteiger partial charge in [-0.05, 0) is 47.5 Å². The molecular weight excluding hydrogens is 380 g/mol. The van der Waals surface area contributed by atoms with Crippen molar-refractivity contribution in [2.24, 2.45) is 5.10 Å². The van der Waals surface area contributed by atoms with Gasteiger partial charge < -0.3 is 4.74 Å². The van der Waals surface area contributed by atoms with Crippen LogP contribution >= 0.6 is 15.9 Å². The number of halogens is 1. The summed E-state index contributed by atoms with van der Waals surface area (Å²) in [5.74, 6) is 0.214. The molecule has 126 valence electrons. The number of nitrogens with zero attached hydrogens (tertiary/aromatic N) is 1. The molecule has 3 aromatic rings. The number of ether oxygens (including phenoxy) is 1. The summed E-state index contributed by atoms with van der Waals surface area (Å²) in [6, 6.07) is 19.4. The highest BCUT2D eigenvalue weighted by atomic mass is 79.9. The summed E-state index contributed by atoms with van der Waals surface area (Å²) in [7, 11) is 0. The fourth-order valence-corrected chi connectivity index (χ4v) is 2.84. The van der Waals surface area contributed by atoms with E-state index in [1.54, 1.807) is 18.3 Å². The van der Waals surface area contributed by atoms with E-state index in [0.29, 0.717) is 17.9 Å². The summed E-state index contributed by atoms with van der Waals surface area (Å²) in [6.45, 7) is 2.36. The predicted octanol–water partition coefficient (Wildman–Crippen LogP) is 4.76. The quantitative estimate of drug-likeness (QED) is 0.498. The van der Waals surface area contributed by atoms with Gasteiger partial charge in [-0.25, -0.2) is 5.43 Å². The van der Waals surface area contributed by atoms with Crippen molar-refractivity contribution in [1.82, 2.24) is 5.43 Å². The molecule has 1 amide bonds. The monoisotopic (exact) mass is 396 g/mol. The lowest BCUT2D eigenvalue weighted by molar-refractivity contribution is 0.0951. The van der Waals surface area contributed by atoms with Crippen molar-refractivity contribution >= 4 is 38.8 Å². The van der Waals surface area contributed by atoms with E-state index in [4.69, 9.17) is 4.74 Å². The van der Waals surface area contributed by atoms with Crippen molar-refractivity contribution in [2.45, 2.75) is 6.92 Å². The lowest BCUT2D eigenvalue weighted by Crippen LogP contribution is -2.18. The van der Waals surface area contributed by atoms with Gasteiger partial charge in [0.25, 0.3) is 5.91 Å². The van der Waals surface area contributed by atoms with E-state index >= 15 is 0 Å². The highest BCUT2D eigenvalue weighted by molar-refractivity contribution is 9.10. The number of hydrogen-bond donors (Lipinski definition) is 1. The number of hydrazone groups is 1. The van der Waals surface area contributed by atoms with Gasteiger partial charge in [0.1, 0.15) is 5.75 Å². The highest BCUT2D eigenvalue weighted by Gasteiger charge is 2.12. The van der Waals surface area contributed by atoms with E-state index in [-0.39, 0.29) is 5.91 Å². The van der Waals surface area contributed by atoms with E-state index in [2.05, 4.69) is 32.5 Å². The number of rotatable bonds is 5. The van der Waals surface area contributed by atoms with Crippen LogP contribution in [0.4, 0.5) is 0 Å². The molecule has 0 radical (unpaired) electrons. The third-order valence-corrected chi connectivity index (χ3v) is 4.13. The van der Waals surface area contributed by atoms with Crippen LogP contribution < -0.4 is 10.2 Å². The molecule has 0 atom stereocenters. The largest absolute Gasteiger partial charge is 0.493 e. The number of amides is 1. The average molecular weight is 397 g/mol. The Morgan fingerprint density at radius 2 is 1.92 bits per heavy atom. The van der Waals surface area contributed by atoms with Gasteiger partial charge in [0, 0.05) is 4.47 Å². The number of hydrogen-bond acceptors (Lipinski definition) is 3. The minimum atomic E-state index is -0.318. The smallest absolute Gasteiger partial charge is 0.275 e. The Hall–Kier alpha value is -2.66. The standard InChI is InChI=1S/C20H17BrN2O2/c1-2-25-19-10-9-17(21)12-18(19)20(24)23-22-13-14-7-8-15-5-3-4-6-16(15)11-14/h3-13H,2H2,1H3,(H,23,24)/b22-13-. The van der Waals surface area contributed by atoms with Gasteiger partial charge in [0.2, 0.25) is 0 Å². The Balaban J connectivity index is 1.75. The van der Waals surface area contributed by atoms with Crippen LogP contribution in [0.2, 0.25) is 0 Å². The molecule has 3 rings (SSSR count). The molecule has 3 aromatic carbocycles. The molecule has 1 N–H and O–H groups in total. The fourth-order valence-electron chi connectivity index (χ4n) is 2.47. The van der Waals surface area contributed by atoms with Gasteiger partial charge in [0.05, 0.1) is 18.4 Å². The molecule has 0 saturated carbocycles. The second-order valence-electron chi connectivity index (χ2n) is 5.38. The molecule has 0 fully saturated rings. The van der Waals surface area contributed by atoms with Gasteiger partial charge in [-0.3, -0.25) is 4.79 Å². The maximum Gasteiger partial charge on any atom is 0.275 e. The fraction of sp³-hybridized carbons (Fsp3) is 0.100. The summed E-state index contributed by atoms with van der Waals surface area (Å²) in [6.07, 6.45) is 1.63. The van der Waals surface area contributed by atoms with Gasteiger partial charge in [-0.2, -0.15) is 5.10 Å². The molecule has 25 heavy (non-hydrogen) atoms. The van der Waals surface area contributed by atoms with Crippen LogP contribution in [0.1, 0.15) is 22.8 Å². The molecule has 5 heteroatoms. The van der Waals surface area contributed by atoms with Crippen LogP contribution in [-0.2, 0) is 0 Å². The SMILES string of the molecule is CCOc1ccc(Br)cc1C(=O)N/N=C\c1ccc2ccccc2c1. The summed E-state index contributed by atoms with van der Waals surface area (Å²) in [5.41, 5.74) is 3.90. The maximum absolute atomic E-state index is 12.4. The topological polar surface area (TPSA) is 50.7 Å². The maximum atomic E-state index is 12.4. The molecule has 0 aliphatic heterocycles. The molecule has 0 aliphatic carbocycles. The molecule has 0 unspecified atom stereocenters. The molecule has 0 saturated heterocycles. The van der Waals surface area contributed by atoms with Crippen molar-refractivity contribution in [1.29, 1.82) is 0 Å². The van der Waals surface area contributed by atoms with E-state index in [1.165, 1.54) is 5.39 Å². The van der Waals surface area contributed by atoms with Gasteiger partial charge in [-0.1, -0.05) is 52.3 Å². The van der Waals surface area contributed by atoms with Crippen molar-refractivity contribution in [3.05, 3.63) is 76.3 Å². The average Bonchev–Trinajstić information content (AvgIpc) is 2.63. The number of nitrogens with one attached hydrogen (secondary N) is 1. The summed E-state index contributed by atoms with van der Waals surface area (Å²) < 4.78 is 6.30. The number of benzene rings is 3. The van der Waals surface area contributed by atoms with E-state index in [1.807, 2.05) is 49.4 Å². The molecule has 0 spiro atoms. The van der Waals surface area contributed by atoms with Crippen LogP contribution in [0.5, 0.6) is 5.75 Å². The number of carbonyl (C=O) groups is 1. The lowest BCUT2D eigenvalue weighted by atomic mass is 10.1. The predicted molar refractivity (Wildman–Crippen MR) is 104 cm³/mol. The Morgan fingerprint density at radius 1 is 1.12 bits per heavy atom. The minimum absolute atomic E-state index is 0.318. The highest BCUT2D eigenvalue weighted by Crippen LogP contribution is 2.23. The van der Waals surface area contributed by atoms with Crippen molar-refractivity contribution in [3.63, 3.8) is 0 Å². The van der Waals surface area contributed by atoms with Crippen molar-refractivity contribution in [3.8, 4) is 5.75 Å². The van der Waals surface area contributed by atoms with E-state index in [0.717, 1.165) is 15.4 Å². The third kappa shape index (κ3) is 4.25. The first-order valence-corrected chi connectivity index (χ1v) is 8.71. The Kier molecular flexibility index (Phi) is 5.46. The zero-order chi connectivity index (χ0) is 17.6. The van der Waals surface area contributed by atoms with Crippen molar-refractivity contribution < 1.29 is 9.53 Å². The Bertz CT molecular complexity index is 938.